The lowest BCUT2D eigenvalue weighted by molar-refractivity contribution is -0.116. The number of furan rings is 1. The molecule has 1 aromatic heterocycles. The van der Waals surface area contributed by atoms with E-state index in [9.17, 15) is 14.4 Å². The molecule has 4 rings (SSSR count). The van der Waals surface area contributed by atoms with Gasteiger partial charge < -0.3 is 25.7 Å². The van der Waals surface area contributed by atoms with E-state index >= 15 is 0 Å². The first-order valence-electron chi connectivity index (χ1n) is 11.9. The topological polar surface area (TPSA) is 112 Å². The van der Waals surface area contributed by atoms with Crippen LogP contribution in [-0.2, 0) is 22.6 Å². The van der Waals surface area contributed by atoms with Crippen molar-refractivity contribution in [2.24, 2.45) is 0 Å². The molecule has 37 heavy (non-hydrogen) atoms. The maximum absolute atomic E-state index is 12.5. The van der Waals surface area contributed by atoms with Crippen LogP contribution >= 0.6 is 0 Å². The monoisotopic (exact) mass is 496 g/mol. The predicted octanol–water partition coefficient (Wildman–Crippen LogP) is 4.83. The zero-order valence-corrected chi connectivity index (χ0v) is 20.2. The standard InChI is InChI=1S/C29H28N4O4/c34-27(15-14-21-7-2-1-3-8-21)32-24-11-5-12-25(18-24)33-28(35)20-30-23-10-4-9-22(17-23)29(36)31-19-26-13-6-16-37-26/h1-13,16-18,30H,14-15,19-20H2,(H,31,36)(H,32,34)(H,33,35). The van der Waals surface area contributed by atoms with Gasteiger partial charge in [0.25, 0.3) is 5.91 Å². The second-order valence-electron chi connectivity index (χ2n) is 8.36. The van der Waals surface area contributed by atoms with Gasteiger partial charge in [0, 0.05) is 29.0 Å². The van der Waals surface area contributed by atoms with Crippen molar-refractivity contribution >= 4 is 34.8 Å². The summed E-state index contributed by atoms with van der Waals surface area (Å²) in [7, 11) is 0. The molecule has 0 spiro atoms. The SMILES string of the molecule is O=C(CCc1ccccc1)Nc1cccc(NC(=O)CNc2cccc(C(=O)NCc3ccco3)c2)c1. The van der Waals surface area contributed by atoms with E-state index in [0.717, 1.165) is 5.56 Å². The highest BCUT2D eigenvalue weighted by molar-refractivity contribution is 5.97. The molecule has 0 aliphatic rings. The van der Waals surface area contributed by atoms with Crippen LogP contribution in [0.25, 0.3) is 0 Å². The highest BCUT2D eigenvalue weighted by Crippen LogP contribution is 2.16. The van der Waals surface area contributed by atoms with E-state index in [1.165, 1.54) is 0 Å². The molecule has 8 nitrogen and oxygen atoms in total. The third kappa shape index (κ3) is 8.10. The Labute approximate surface area is 215 Å². The lowest BCUT2D eigenvalue weighted by atomic mass is 10.1. The van der Waals surface area contributed by atoms with Crippen LogP contribution < -0.4 is 21.3 Å². The summed E-state index contributed by atoms with van der Waals surface area (Å²) in [5.74, 6) is 0.0598. The fourth-order valence-electron chi connectivity index (χ4n) is 3.64. The van der Waals surface area contributed by atoms with Crippen LogP contribution in [0.3, 0.4) is 0 Å². The van der Waals surface area contributed by atoms with Crippen LogP contribution in [0, 0.1) is 0 Å². The van der Waals surface area contributed by atoms with Crippen molar-refractivity contribution < 1.29 is 18.8 Å². The predicted molar refractivity (Wildman–Crippen MR) is 143 cm³/mol. The van der Waals surface area contributed by atoms with E-state index in [0.29, 0.717) is 47.8 Å². The van der Waals surface area contributed by atoms with Gasteiger partial charge in [-0.05, 0) is 60.5 Å². The lowest BCUT2D eigenvalue weighted by Crippen LogP contribution is -2.23. The maximum atomic E-state index is 12.5. The smallest absolute Gasteiger partial charge is 0.251 e. The number of rotatable bonds is 11. The zero-order chi connectivity index (χ0) is 25.9. The van der Waals surface area contributed by atoms with Crippen LogP contribution in [0.15, 0.2) is 102 Å². The molecular weight excluding hydrogens is 468 g/mol. The van der Waals surface area contributed by atoms with E-state index < -0.39 is 0 Å². The lowest BCUT2D eigenvalue weighted by Gasteiger charge is -2.11. The summed E-state index contributed by atoms with van der Waals surface area (Å²) < 4.78 is 5.22. The van der Waals surface area contributed by atoms with Crippen molar-refractivity contribution in [2.75, 3.05) is 22.5 Å². The highest BCUT2D eigenvalue weighted by atomic mass is 16.3. The average molecular weight is 497 g/mol. The van der Waals surface area contributed by atoms with Crippen LogP contribution in [0.5, 0.6) is 0 Å². The molecule has 0 saturated heterocycles. The van der Waals surface area contributed by atoms with Gasteiger partial charge in [0.05, 0.1) is 19.4 Å². The van der Waals surface area contributed by atoms with Gasteiger partial charge in [-0.15, -0.1) is 0 Å². The molecule has 0 saturated carbocycles. The van der Waals surface area contributed by atoms with Crippen LogP contribution in [0.1, 0.15) is 28.1 Å². The maximum Gasteiger partial charge on any atom is 0.251 e. The minimum absolute atomic E-state index is 0.00509. The number of anilines is 3. The molecule has 0 aliphatic heterocycles. The molecule has 188 valence electrons. The summed E-state index contributed by atoms with van der Waals surface area (Å²) in [5.41, 5.74) is 3.38. The molecule has 1 heterocycles. The Bertz CT molecular complexity index is 1340. The molecule has 0 atom stereocenters. The van der Waals surface area contributed by atoms with Gasteiger partial charge in [-0.1, -0.05) is 42.5 Å². The van der Waals surface area contributed by atoms with Gasteiger partial charge in [0.1, 0.15) is 5.76 Å². The van der Waals surface area contributed by atoms with E-state index in [1.807, 2.05) is 30.3 Å². The fraction of sp³-hybridized carbons (Fsp3) is 0.138. The summed E-state index contributed by atoms with van der Waals surface area (Å²) in [5, 5.41) is 11.5. The largest absolute Gasteiger partial charge is 0.467 e. The molecule has 3 amide bonds. The Hall–Kier alpha value is -4.85. The summed E-state index contributed by atoms with van der Waals surface area (Å²) in [6.45, 7) is 0.295. The number of aryl methyl sites for hydroxylation is 1. The van der Waals surface area contributed by atoms with Gasteiger partial charge in [-0.2, -0.15) is 0 Å². The Kier molecular flexibility index (Phi) is 8.69. The third-order valence-electron chi connectivity index (χ3n) is 5.49. The quantitative estimate of drug-likeness (QED) is 0.238. The summed E-state index contributed by atoms with van der Waals surface area (Å²) >= 11 is 0. The first kappa shape index (κ1) is 25.2. The first-order chi connectivity index (χ1) is 18.0. The Morgan fingerprint density at radius 2 is 1.43 bits per heavy atom. The second-order valence-corrected chi connectivity index (χ2v) is 8.36. The number of benzene rings is 3. The fourth-order valence-corrected chi connectivity index (χ4v) is 3.64. The van der Waals surface area contributed by atoms with Crippen molar-refractivity contribution in [3.8, 4) is 0 Å². The Balaban J connectivity index is 1.23. The van der Waals surface area contributed by atoms with Gasteiger partial charge in [0.2, 0.25) is 11.8 Å². The number of carbonyl (C=O) groups excluding carboxylic acids is 3. The number of amides is 3. The minimum Gasteiger partial charge on any atom is -0.467 e. The summed E-state index contributed by atoms with van der Waals surface area (Å²) in [6, 6.07) is 27.3. The van der Waals surface area contributed by atoms with E-state index in [-0.39, 0.29) is 24.3 Å². The number of hydrogen-bond donors (Lipinski definition) is 4. The molecule has 0 unspecified atom stereocenters. The molecule has 4 N–H and O–H groups in total. The molecule has 4 aromatic rings. The summed E-state index contributed by atoms with van der Waals surface area (Å²) in [4.78, 5) is 37.2. The van der Waals surface area contributed by atoms with Crippen molar-refractivity contribution in [3.05, 3.63) is 114 Å². The summed E-state index contributed by atoms with van der Waals surface area (Å²) in [6.07, 6.45) is 2.57. The first-order valence-corrected chi connectivity index (χ1v) is 11.9. The van der Waals surface area contributed by atoms with Crippen molar-refractivity contribution in [3.63, 3.8) is 0 Å². The molecule has 0 radical (unpaired) electrons. The third-order valence-corrected chi connectivity index (χ3v) is 5.49. The van der Waals surface area contributed by atoms with Gasteiger partial charge in [0.15, 0.2) is 0 Å². The second kappa shape index (κ2) is 12.7. The number of carbonyl (C=O) groups is 3. The molecular formula is C29H28N4O4. The van der Waals surface area contributed by atoms with E-state index in [1.54, 1.807) is 66.9 Å². The van der Waals surface area contributed by atoms with Crippen LogP contribution in [0.2, 0.25) is 0 Å². The van der Waals surface area contributed by atoms with Crippen LogP contribution in [0.4, 0.5) is 17.1 Å². The van der Waals surface area contributed by atoms with Crippen molar-refractivity contribution in [1.82, 2.24) is 5.32 Å². The number of nitrogens with one attached hydrogen (secondary N) is 4. The highest BCUT2D eigenvalue weighted by Gasteiger charge is 2.09. The molecule has 0 bridgehead atoms. The van der Waals surface area contributed by atoms with Crippen molar-refractivity contribution in [2.45, 2.75) is 19.4 Å². The van der Waals surface area contributed by atoms with E-state index in [4.69, 9.17) is 4.42 Å². The van der Waals surface area contributed by atoms with Crippen molar-refractivity contribution in [1.29, 1.82) is 0 Å². The number of hydrogen-bond acceptors (Lipinski definition) is 5. The normalized spacial score (nSPS) is 10.4. The molecule has 8 heteroatoms. The molecule has 0 fully saturated rings. The molecule has 0 aliphatic carbocycles. The molecule has 3 aromatic carbocycles. The zero-order valence-electron chi connectivity index (χ0n) is 20.2. The average Bonchev–Trinajstić information content (AvgIpc) is 3.44. The Morgan fingerprint density at radius 3 is 2.19 bits per heavy atom. The minimum atomic E-state index is -0.264. The van der Waals surface area contributed by atoms with E-state index in [2.05, 4.69) is 21.3 Å². The van der Waals surface area contributed by atoms with Gasteiger partial charge in [-0.3, -0.25) is 14.4 Å². The Morgan fingerprint density at radius 1 is 0.703 bits per heavy atom. The van der Waals surface area contributed by atoms with Crippen LogP contribution in [-0.4, -0.2) is 24.3 Å². The van der Waals surface area contributed by atoms with Gasteiger partial charge >= 0.3 is 0 Å². The van der Waals surface area contributed by atoms with Gasteiger partial charge in [-0.25, -0.2) is 0 Å².